The Labute approximate surface area is 130 Å². The van der Waals surface area contributed by atoms with Gasteiger partial charge in [0.15, 0.2) is 0 Å². The topological polar surface area (TPSA) is 96.3 Å². The van der Waals surface area contributed by atoms with E-state index in [9.17, 15) is 26.4 Å². The Bertz CT molecular complexity index is 739. The SMILES string of the molecule is COCC(C)C(=O)NS(=O)(=O)c1ccc(C#N)c(C(F)(F)F)c1. The average molecular weight is 350 g/mol. The van der Waals surface area contributed by atoms with Gasteiger partial charge in [0, 0.05) is 7.11 Å². The van der Waals surface area contributed by atoms with Gasteiger partial charge >= 0.3 is 6.18 Å². The minimum Gasteiger partial charge on any atom is -0.384 e. The molecule has 0 spiro atoms. The van der Waals surface area contributed by atoms with Crippen molar-refractivity contribution in [2.45, 2.75) is 18.0 Å². The van der Waals surface area contributed by atoms with Crippen LogP contribution in [0.25, 0.3) is 0 Å². The monoisotopic (exact) mass is 350 g/mol. The van der Waals surface area contributed by atoms with Crippen molar-refractivity contribution in [3.63, 3.8) is 0 Å². The smallest absolute Gasteiger partial charge is 0.384 e. The second-order valence-corrected chi connectivity index (χ2v) is 6.33. The van der Waals surface area contributed by atoms with E-state index in [4.69, 9.17) is 10.00 Å². The van der Waals surface area contributed by atoms with Gasteiger partial charge in [0.25, 0.3) is 10.0 Å². The number of hydrogen-bond acceptors (Lipinski definition) is 5. The van der Waals surface area contributed by atoms with Gasteiger partial charge in [0.05, 0.1) is 34.6 Å². The minimum atomic E-state index is -4.90. The van der Waals surface area contributed by atoms with Gasteiger partial charge in [-0.05, 0) is 18.2 Å². The molecule has 1 atom stereocenters. The lowest BCUT2D eigenvalue weighted by atomic mass is 10.1. The number of amides is 1. The Morgan fingerprint density at radius 2 is 2.04 bits per heavy atom. The highest BCUT2D eigenvalue weighted by molar-refractivity contribution is 7.90. The molecule has 1 aromatic carbocycles. The van der Waals surface area contributed by atoms with Crippen LogP contribution in [0.15, 0.2) is 23.1 Å². The van der Waals surface area contributed by atoms with E-state index in [0.717, 1.165) is 12.1 Å². The van der Waals surface area contributed by atoms with E-state index in [1.54, 1.807) is 4.72 Å². The number of nitrogens with zero attached hydrogens (tertiary/aromatic N) is 1. The van der Waals surface area contributed by atoms with Crippen LogP contribution in [0, 0.1) is 17.2 Å². The number of alkyl halides is 3. The molecule has 0 radical (unpaired) electrons. The Kier molecular flexibility index (Phi) is 5.74. The van der Waals surface area contributed by atoms with E-state index in [2.05, 4.69) is 0 Å². The molecule has 0 heterocycles. The lowest BCUT2D eigenvalue weighted by Crippen LogP contribution is -2.36. The van der Waals surface area contributed by atoms with Crippen molar-refractivity contribution < 1.29 is 31.1 Å². The molecule has 0 aliphatic heterocycles. The second-order valence-electron chi connectivity index (χ2n) is 4.64. The van der Waals surface area contributed by atoms with Gasteiger partial charge in [-0.3, -0.25) is 4.79 Å². The van der Waals surface area contributed by atoms with Crippen molar-refractivity contribution in [2.24, 2.45) is 5.92 Å². The summed E-state index contributed by atoms with van der Waals surface area (Å²) in [6.45, 7) is 1.34. The molecule has 1 rings (SSSR count). The number of methoxy groups -OCH3 is 1. The summed E-state index contributed by atoms with van der Waals surface area (Å²) in [6.07, 6.45) is -4.90. The van der Waals surface area contributed by atoms with Gasteiger partial charge in [-0.1, -0.05) is 6.92 Å². The van der Waals surface area contributed by atoms with E-state index in [0.29, 0.717) is 6.07 Å². The number of benzene rings is 1. The summed E-state index contributed by atoms with van der Waals surface area (Å²) in [7, 11) is -3.18. The second kappa shape index (κ2) is 6.97. The first-order valence-corrected chi connectivity index (χ1v) is 7.68. The molecule has 0 saturated heterocycles. The molecule has 0 fully saturated rings. The van der Waals surface area contributed by atoms with Crippen LogP contribution in [0.1, 0.15) is 18.1 Å². The number of ether oxygens (including phenoxy) is 1. The third kappa shape index (κ3) is 4.67. The molecule has 1 aromatic rings. The van der Waals surface area contributed by atoms with Crippen molar-refractivity contribution >= 4 is 15.9 Å². The molecule has 23 heavy (non-hydrogen) atoms. The predicted molar refractivity (Wildman–Crippen MR) is 72.5 cm³/mol. The molecule has 0 aromatic heterocycles. The number of carbonyl (C=O) groups is 1. The fourth-order valence-corrected chi connectivity index (χ4v) is 2.74. The minimum absolute atomic E-state index is 0.0531. The number of nitrogens with one attached hydrogen (secondary N) is 1. The van der Waals surface area contributed by atoms with Crippen LogP contribution in [0.3, 0.4) is 0 Å². The van der Waals surface area contributed by atoms with Crippen LogP contribution >= 0.6 is 0 Å². The molecule has 0 aliphatic rings. The zero-order valence-electron chi connectivity index (χ0n) is 12.1. The van der Waals surface area contributed by atoms with Gasteiger partial charge in [0.1, 0.15) is 0 Å². The first kappa shape index (κ1) is 18.9. The summed E-state index contributed by atoms with van der Waals surface area (Å²) in [4.78, 5) is 10.9. The average Bonchev–Trinajstić information content (AvgIpc) is 2.45. The Morgan fingerprint density at radius 1 is 1.43 bits per heavy atom. The lowest BCUT2D eigenvalue weighted by Gasteiger charge is -2.14. The fraction of sp³-hybridized carbons (Fsp3) is 0.385. The van der Waals surface area contributed by atoms with Gasteiger partial charge in [-0.2, -0.15) is 18.4 Å². The maximum Gasteiger partial charge on any atom is 0.417 e. The van der Waals surface area contributed by atoms with Gasteiger partial charge in [-0.25, -0.2) is 13.1 Å². The third-order valence-electron chi connectivity index (χ3n) is 2.83. The van der Waals surface area contributed by atoms with E-state index >= 15 is 0 Å². The first-order chi connectivity index (χ1) is 10.5. The van der Waals surface area contributed by atoms with Crippen LogP contribution in [-0.4, -0.2) is 28.0 Å². The van der Waals surface area contributed by atoms with Gasteiger partial charge in [-0.15, -0.1) is 0 Å². The molecule has 0 aliphatic carbocycles. The summed E-state index contributed by atoms with van der Waals surface area (Å²) >= 11 is 0. The molecule has 1 amide bonds. The fourth-order valence-electron chi connectivity index (χ4n) is 1.64. The largest absolute Gasteiger partial charge is 0.417 e. The Balaban J connectivity index is 3.20. The maximum atomic E-state index is 12.8. The predicted octanol–water partition coefficient (Wildman–Crippen LogP) is 1.66. The third-order valence-corrected chi connectivity index (χ3v) is 4.17. The van der Waals surface area contributed by atoms with Crippen LogP contribution in [0.5, 0.6) is 0 Å². The van der Waals surface area contributed by atoms with Crippen LogP contribution < -0.4 is 4.72 Å². The molecule has 0 bridgehead atoms. The number of rotatable bonds is 5. The van der Waals surface area contributed by atoms with Gasteiger partial charge < -0.3 is 4.74 Å². The van der Waals surface area contributed by atoms with Crippen molar-refractivity contribution in [2.75, 3.05) is 13.7 Å². The van der Waals surface area contributed by atoms with Gasteiger partial charge in [0.2, 0.25) is 5.91 Å². The molecular weight excluding hydrogens is 337 g/mol. The number of nitriles is 1. The quantitative estimate of drug-likeness (QED) is 0.871. The van der Waals surface area contributed by atoms with Crippen molar-refractivity contribution in [1.29, 1.82) is 5.26 Å². The Morgan fingerprint density at radius 3 is 2.52 bits per heavy atom. The molecule has 10 heteroatoms. The molecule has 6 nitrogen and oxygen atoms in total. The van der Waals surface area contributed by atoms with E-state index in [-0.39, 0.29) is 6.61 Å². The van der Waals surface area contributed by atoms with Crippen LogP contribution in [0.2, 0.25) is 0 Å². The van der Waals surface area contributed by atoms with Crippen molar-refractivity contribution in [3.8, 4) is 6.07 Å². The first-order valence-electron chi connectivity index (χ1n) is 6.20. The number of carbonyl (C=O) groups excluding carboxylic acids is 1. The number of halogens is 3. The Hall–Kier alpha value is -2.12. The van der Waals surface area contributed by atoms with E-state index < -0.39 is 44.0 Å². The lowest BCUT2D eigenvalue weighted by molar-refractivity contribution is -0.138. The van der Waals surface area contributed by atoms with E-state index in [1.807, 2.05) is 0 Å². The maximum absolute atomic E-state index is 12.8. The van der Waals surface area contributed by atoms with E-state index in [1.165, 1.54) is 20.1 Å². The molecule has 126 valence electrons. The zero-order valence-corrected chi connectivity index (χ0v) is 13.0. The summed E-state index contributed by atoms with van der Waals surface area (Å²) in [5.74, 6) is -1.72. The number of sulfonamides is 1. The van der Waals surface area contributed by atoms with Crippen molar-refractivity contribution in [1.82, 2.24) is 4.72 Å². The highest BCUT2D eigenvalue weighted by atomic mass is 32.2. The molecule has 1 unspecified atom stereocenters. The standard InChI is InChI=1S/C13H13F3N2O4S/c1-8(7-22-2)12(19)18-23(20,21)10-4-3-9(6-17)11(5-10)13(14,15)16/h3-5,8H,7H2,1-2H3,(H,18,19). The zero-order chi connectivity index (χ0) is 17.8. The molecular formula is C13H13F3N2O4S. The summed E-state index contributed by atoms with van der Waals surface area (Å²) in [5, 5.41) is 8.67. The molecule has 0 saturated carbocycles. The van der Waals surface area contributed by atoms with Crippen molar-refractivity contribution in [3.05, 3.63) is 29.3 Å². The number of hydrogen-bond donors (Lipinski definition) is 1. The highest BCUT2D eigenvalue weighted by Gasteiger charge is 2.35. The normalized spacial score (nSPS) is 13.2. The van der Waals surface area contributed by atoms with Crippen LogP contribution in [0.4, 0.5) is 13.2 Å². The van der Waals surface area contributed by atoms with Crippen LogP contribution in [-0.2, 0) is 25.7 Å². The summed E-state index contributed by atoms with van der Waals surface area (Å²) in [5.41, 5.74) is -2.10. The molecule has 1 N–H and O–H groups in total. The summed E-state index contributed by atoms with van der Waals surface area (Å²) in [6, 6.07) is 3.21. The summed E-state index contributed by atoms with van der Waals surface area (Å²) < 4.78 is 68.9. The highest BCUT2D eigenvalue weighted by Crippen LogP contribution is 2.33.